The molecule has 0 fully saturated rings. The highest BCUT2D eigenvalue weighted by Gasteiger charge is 2.14. The van der Waals surface area contributed by atoms with Crippen molar-refractivity contribution in [2.45, 2.75) is 12.5 Å². The predicted molar refractivity (Wildman–Crippen MR) is 83.2 cm³/mol. The molecule has 2 N–H and O–H groups in total. The average molecular weight is 301 g/mol. The molecule has 0 bridgehead atoms. The van der Waals surface area contributed by atoms with Crippen LogP contribution >= 0.6 is 0 Å². The lowest BCUT2D eigenvalue weighted by molar-refractivity contribution is -0.142. The Bertz CT molecular complexity index is 608. The fourth-order valence-corrected chi connectivity index (χ4v) is 1.96. The number of ether oxygens (including phenoxy) is 3. The van der Waals surface area contributed by atoms with Crippen LogP contribution in [0, 0.1) is 0 Å². The summed E-state index contributed by atoms with van der Waals surface area (Å²) in [6, 6.07) is 14.1. The summed E-state index contributed by atoms with van der Waals surface area (Å²) < 4.78 is 15.4. The van der Waals surface area contributed by atoms with Crippen molar-refractivity contribution in [2.24, 2.45) is 5.73 Å². The second-order valence-electron chi connectivity index (χ2n) is 4.76. The Kier molecular flexibility index (Phi) is 5.38. The van der Waals surface area contributed by atoms with Gasteiger partial charge in [-0.2, -0.15) is 0 Å². The van der Waals surface area contributed by atoms with E-state index in [-0.39, 0.29) is 0 Å². The lowest BCUT2D eigenvalue weighted by Crippen LogP contribution is -2.33. The van der Waals surface area contributed by atoms with E-state index < -0.39 is 12.0 Å². The smallest absolute Gasteiger partial charge is 0.322 e. The molecule has 1 unspecified atom stereocenters. The maximum Gasteiger partial charge on any atom is 0.322 e. The Balaban J connectivity index is 1.97. The fourth-order valence-electron chi connectivity index (χ4n) is 1.96. The monoisotopic (exact) mass is 301 g/mol. The van der Waals surface area contributed by atoms with E-state index in [1.807, 2.05) is 48.5 Å². The molecule has 0 aliphatic carbocycles. The third-order valence-corrected chi connectivity index (χ3v) is 3.18. The molecule has 0 spiro atoms. The number of carbonyl (C=O) groups is 1. The van der Waals surface area contributed by atoms with Crippen molar-refractivity contribution in [3.05, 3.63) is 54.1 Å². The first kappa shape index (κ1) is 15.9. The van der Waals surface area contributed by atoms with Crippen molar-refractivity contribution < 1.29 is 19.0 Å². The maximum atomic E-state index is 11.3. The molecule has 1 atom stereocenters. The number of hydrogen-bond donors (Lipinski definition) is 1. The summed E-state index contributed by atoms with van der Waals surface area (Å²) in [5.74, 6) is 1.79. The third kappa shape index (κ3) is 4.23. The number of carbonyl (C=O) groups excluding carboxylic acids is 1. The lowest BCUT2D eigenvalue weighted by Gasteiger charge is -2.10. The van der Waals surface area contributed by atoms with Gasteiger partial charge in [0.15, 0.2) is 0 Å². The van der Waals surface area contributed by atoms with Crippen molar-refractivity contribution in [1.82, 2.24) is 0 Å². The summed E-state index contributed by atoms with van der Waals surface area (Å²) in [5, 5.41) is 0. The molecule has 2 aromatic rings. The molecular weight excluding hydrogens is 282 g/mol. The van der Waals surface area contributed by atoms with Crippen LogP contribution < -0.4 is 15.2 Å². The van der Waals surface area contributed by atoms with Crippen molar-refractivity contribution in [1.29, 1.82) is 0 Å². The highest BCUT2D eigenvalue weighted by Crippen LogP contribution is 2.24. The molecular formula is C17H19NO4. The van der Waals surface area contributed by atoms with E-state index in [1.54, 1.807) is 7.11 Å². The second-order valence-corrected chi connectivity index (χ2v) is 4.76. The van der Waals surface area contributed by atoms with E-state index in [0.717, 1.165) is 17.1 Å². The van der Waals surface area contributed by atoms with Gasteiger partial charge in [0.05, 0.1) is 14.2 Å². The molecule has 0 radical (unpaired) electrons. The van der Waals surface area contributed by atoms with E-state index >= 15 is 0 Å². The topological polar surface area (TPSA) is 70.8 Å². The van der Waals surface area contributed by atoms with Crippen LogP contribution in [-0.4, -0.2) is 26.2 Å². The fraction of sp³-hybridized carbons (Fsp3) is 0.235. The standard InChI is InChI=1S/C17H19NO4/c1-20-13-7-9-15(10-8-13)22-14-5-3-12(4-6-14)11-16(18)17(19)21-2/h3-10,16H,11,18H2,1-2H3. The molecule has 2 rings (SSSR count). The Morgan fingerprint density at radius 3 is 1.95 bits per heavy atom. The van der Waals surface area contributed by atoms with Gasteiger partial charge in [-0.3, -0.25) is 4.79 Å². The van der Waals surface area contributed by atoms with Crippen molar-refractivity contribution in [3.63, 3.8) is 0 Å². The molecule has 5 heteroatoms. The van der Waals surface area contributed by atoms with Gasteiger partial charge in [-0.1, -0.05) is 12.1 Å². The van der Waals surface area contributed by atoms with Crippen molar-refractivity contribution in [3.8, 4) is 17.2 Å². The van der Waals surface area contributed by atoms with E-state index in [9.17, 15) is 4.79 Å². The Morgan fingerprint density at radius 1 is 0.955 bits per heavy atom. The number of nitrogens with two attached hydrogens (primary N) is 1. The van der Waals surface area contributed by atoms with Gasteiger partial charge in [-0.15, -0.1) is 0 Å². The number of benzene rings is 2. The normalized spacial score (nSPS) is 11.6. The Labute approximate surface area is 129 Å². The van der Waals surface area contributed by atoms with E-state index in [2.05, 4.69) is 4.74 Å². The Morgan fingerprint density at radius 2 is 1.45 bits per heavy atom. The summed E-state index contributed by atoms with van der Waals surface area (Å²) in [5.41, 5.74) is 6.68. The van der Waals surface area contributed by atoms with Gasteiger partial charge in [0.2, 0.25) is 0 Å². The van der Waals surface area contributed by atoms with Crippen LogP contribution in [0.5, 0.6) is 17.2 Å². The highest BCUT2D eigenvalue weighted by molar-refractivity contribution is 5.75. The van der Waals surface area contributed by atoms with E-state index in [4.69, 9.17) is 15.2 Å². The summed E-state index contributed by atoms with van der Waals surface area (Å²) in [4.78, 5) is 11.3. The van der Waals surface area contributed by atoms with Gasteiger partial charge in [0.25, 0.3) is 0 Å². The molecule has 22 heavy (non-hydrogen) atoms. The minimum Gasteiger partial charge on any atom is -0.497 e. The van der Waals surface area contributed by atoms with Crippen LogP contribution in [0.15, 0.2) is 48.5 Å². The van der Waals surface area contributed by atoms with Crippen LogP contribution in [0.1, 0.15) is 5.56 Å². The lowest BCUT2D eigenvalue weighted by atomic mass is 10.1. The van der Waals surface area contributed by atoms with E-state index in [0.29, 0.717) is 12.2 Å². The molecule has 0 aliphatic heterocycles. The zero-order valence-corrected chi connectivity index (χ0v) is 12.6. The molecule has 0 saturated carbocycles. The number of hydrogen-bond acceptors (Lipinski definition) is 5. The quantitative estimate of drug-likeness (QED) is 0.830. The predicted octanol–water partition coefficient (Wildman–Crippen LogP) is 2.53. The van der Waals surface area contributed by atoms with Gasteiger partial charge >= 0.3 is 5.97 Å². The zero-order chi connectivity index (χ0) is 15.9. The average Bonchev–Trinajstić information content (AvgIpc) is 2.56. The molecule has 0 aliphatic rings. The van der Waals surface area contributed by atoms with Gasteiger partial charge in [-0.25, -0.2) is 0 Å². The Hall–Kier alpha value is -2.53. The van der Waals surface area contributed by atoms with Crippen LogP contribution in [-0.2, 0) is 16.0 Å². The second kappa shape index (κ2) is 7.47. The minimum atomic E-state index is -0.654. The number of rotatable bonds is 6. The first-order chi connectivity index (χ1) is 10.6. The SMILES string of the molecule is COC(=O)C(N)Cc1ccc(Oc2ccc(OC)cc2)cc1. The van der Waals surface area contributed by atoms with Crippen LogP contribution in [0.3, 0.4) is 0 Å². The summed E-state index contributed by atoms with van der Waals surface area (Å²) in [6.07, 6.45) is 0.426. The largest absolute Gasteiger partial charge is 0.497 e. The number of esters is 1. The van der Waals surface area contributed by atoms with Gasteiger partial charge in [-0.05, 0) is 48.4 Å². The first-order valence-corrected chi connectivity index (χ1v) is 6.86. The number of methoxy groups -OCH3 is 2. The van der Waals surface area contributed by atoms with Gasteiger partial charge < -0.3 is 19.9 Å². The summed E-state index contributed by atoms with van der Waals surface area (Å²) in [7, 11) is 2.95. The maximum absolute atomic E-state index is 11.3. The zero-order valence-electron chi connectivity index (χ0n) is 12.6. The van der Waals surface area contributed by atoms with Crippen molar-refractivity contribution in [2.75, 3.05) is 14.2 Å². The van der Waals surface area contributed by atoms with Crippen LogP contribution in [0.25, 0.3) is 0 Å². The molecule has 0 saturated heterocycles. The van der Waals surface area contributed by atoms with Gasteiger partial charge in [0.1, 0.15) is 23.3 Å². The molecule has 2 aromatic carbocycles. The molecule has 0 amide bonds. The van der Waals surface area contributed by atoms with Crippen molar-refractivity contribution >= 4 is 5.97 Å². The first-order valence-electron chi connectivity index (χ1n) is 6.86. The van der Waals surface area contributed by atoms with Gasteiger partial charge in [0, 0.05) is 0 Å². The molecule has 0 heterocycles. The molecule has 5 nitrogen and oxygen atoms in total. The minimum absolute atomic E-state index is 0.418. The molecule has 116 valence electrons. The third-order valence-electron chi connectivity index (χ3n) is 3.18. The summed E-state index contributed by atoms with van der Waals surface area (Å²) >= 11 is 0. The molecule has 0 aromatic heterocycles. The summed E-state index contributed by atoms with van der Waals surface area (Å²) in [6.45, 7) is 0. The van der Waals surface area contributed by atoms with E-state index in [1.165, 1.54) is 7.11 Å². The van der Waals surface area contributed by atoms with Crippen LogP contribution in [0.4, 0.5) is 0 Å². The van der Waals surface area contributed by atoms with Crippen LogP contribution in [0.2, 0.25) is 0 Å². The highest BCUT2D eigenvalue weighted by atomic mass is 16.5.